The van der Waals surface area contributed by atoms with Gasteiger partial charge in [-0.2, -0.15) is 0 Å². The molecule has 0 aliphatic carbocycles. The summed E-state index contributed by atoms with van der Waals surface area (Å²) >= 11 is 5.69. The van der Waals surface area contributed by atoms with Crippen LogP contribution in [0.25, 0.3) is 0 Å². The Bertz CT molecular complexity index is 653. The number of carbonyl (C=O) groups excluding carboxylic acids is 1. The number of Topliss-reactive ketones (excluding diaryl/α,β-unsaturated/α-hetero) is 1. The number of carbonyl (C=O) groups is 1. The molecule has 2 aromatic carbocycles. The van der Waals surface area contributed by atoms with Crippen LogP contribution < -0.4 is 4.74 Å². The fourth-order valence-electron chi connectivity index (χ4n) is 1.99. The fraction of sp³-hybridized carbons (Fsp3) is 0.188. The molecule has 0 aliphatic rings. The summed E-state index contributed by atoms with van der Waals surface area (Å²) < 4.78 is 18.8. The highest BCUT2D eigenvalue weighted by molar-refractivity contribution is 6.30. The van der Waals surface area contributed by atoms with Gasteiger partial charge >= 0.3 is 0 Å². The zero-order chi connectivity index (χ0) is 14.7. The Hall–Kier alpha value is -1.87. The molecule has 0 N–H and O–H groups in total. The molecule has 0 heterocycles. The third-order valence-electron chi connectivity index (χ3n) is 3.08. The predicted octanol–water partition coefficient (Wildman–Crippen LogP) is 4.22. The maximum absolute atomic E-state index is 13.7. The second-order valence-electron chi connectivity index (χ2n) is 4.52. The van der Waals surface area contributed by atoms with Gasteiger partial charge in [0.25, 0.3) is 0 Å². The van der Waals surface area contributed by atoms with Gasteiger partial charge in [0.15, 0.2) is 5.78 Å². The van der Waals surface area contributed by atoms with Crippen molar-refractivity contribution in [2.75, 3.05) is 7.11 Å². The number of halogens is 2. The topological polar surface area (TPSA) is 26.3 Å². The number of ether oxygens (including phenoxy) is 1. The summed E-state index contributed by atoms with van der Waals surface area (Å²) in [4.78, 5) is 12.2. The van der Waals surface area contributed by atoms with Crippen molar-refractivity contribution in [3.8, 4) is 5.75 Å². The van der Waals surface area contributed by atoms with Gasteiger partial charge in [-0.15, -0.1) is 0 Å². The quantitative estimate of drug-likeness (QED) is 0.789. The smallest absolute Gasteiger partial charge is 0.167 e. The normalized spacial score (nSPS) is 10.4. The van der Waals surface area contributed by atoms with Crippen LogP contribution in [-0.2, 0) is 6.42 Å². The molecule has 104 valence electrons. The zero-order valence-corrected chi connectivity index (χ0v) is 12.0. The second-order valence-corrected chi connectivity index (χ2v) is 4.96. The molecule has 0 fully saturated rings. The molecule has 20 heavy (non-hydrogen) atoms. The monoisotopic (exact) mass is 292 g/mol. The number of hydrogen-bond donors (Lipinski definition) is 0. The van der Waals surface area contributed by atoms with Crippen molar-refractivity contribution in [1.82, 2.24) is 0 Å². The van der Waals surface area contributed by atoms with E-state index < -0.39 is 5.82 Å². The van der Waals surface area contributed by atoms with Crippen LogP contribution in [0.2, 0.25) is 5.02 Å². The highest BCUT2D eigenvalue weighted by Gasteiger charge is 2.12. The zero-order valence-electron chi connectivity index (χ0n) is 11.2. The van der Waals surface area contributed by atoms with Crippen LogP contribution in [0.1, 0.15) is 21.5 Å². The van der Waals surface area contributed by atoms with E-state index in [0.717, 1.165) is 11.3 Å². The Morgan fingerprint density at radius 3 is 2.60 bits per heavy atom. The Balaban J connectivity index is 2.21. The lowest BCUT2D eigenvalue weighted by molar-refractivity contribution is 0.0991. The summed E-state index contributed by atoms with van der Waals surface area (Å²) in [6.07, 6.45) is 0.00870. The number of aryl methyl sites for hydroxylation is 1. The minimum atomic E-state index is -0.462. The maximum atomic E-state index is 13.7. The van der Waals surface area contributed by atoms with Crippen molar-refractivity contribution >= 4 is 17.4 Å². The van der Waals surface area contributed by atoms with E-state index in [1.807, 2.05) is 6.92 Å². The van der Waals surface area contributed by atoms with Crippen molar-refractivity contribution in [2.24, 2.45) is 0 Å². The van der Waals surface area contributed by atoms with Crippen LogP contribution in [-0.4, -0.2) is 12.9 Å². The van der Waals surface area contributed by atoms with Crippen molar-refractivity contribution in [3.05, 3.63) is 63.9 Å². The number of methoxy groups -OCH3 is 1. The molecule has 2 nitrogen and oxygen atoms in total. The summed E-state index contributed by atoms with van der Waals surface area (Å²) in [5.41, 5.74) is 1.75. The molecule has 0 aromatic heterocycles. The molecule has 0 aliphatic heterocycles. The average Bonchev–Trinajstić information content (AvgIpc) is 2.41. The van der Waals surface area contributed by atoms with E-state index in [0.29, 0.717) is 16.1 Å². The van der Waals surface area contributed by atoms with Gasteiger partial charge in [0.1, 0.15) is 11.6 Å². The molecular weight excluding hydrogens is 279 g/mol. The molecule has 0 spiro atoms. The van der Waals surface area contributed by atoms with Gasteiger partial charge in [-0.3, -0.25) is 4.79 Å². The first-order valence-electron chi connectivity index (χ1n) is 6.13. The number of benzene rings is 2. The molecule has 0 saturated carbocycles. The summed E-state index contributed by atoms with van der Waals surface area (Å²) in [6, 6.07) is 9.49. The summed E-state index contributed by atoms with van der Waals surface area (Å²) in [5, 5.41) is 0.319. The standard InChI is InChI=1S/C16H14ClFO2/c1-10-7-12(4-6-16(10)20-2)15(19)8-11-3-5-13(17)9-14(11)18/h3-7,9H,8H2,1-2H3. The predicted molar refractivity (Wildman–Crippen MR) is 77.2 cm³/mol. The van der Waals surface area contributed by atoms with Crippen molar-refractivity contribution in [3.63, 3.8) is 0 Å². The Kier molecular flexibility index (Phi) is 4.40. The highest BCUT2D eigenvalue weighted by Crippen LogP contribution is 2.21. The number of ketones is 1. The van der Waals surface area contributed by atoms with Gasteiger partial charge in [-0.05, 0) is 48.4 Å². The molecule has 0 radical (unpaired) electrons. The van der Waals surface area contributed by atoms with Crippen molar-refractivity contribution < 1.29 is 13.9 Å². The van der Waals surface area contributed by atoms with Crippen LogP contribution in [0.15, 0.2) is 36.4 Å². The van der Waals surface area contributed by atoms with E-state index in [2.05, 4.69) is 0 Å². The van der Waals surface area contributed by atoms with Crippen LogP contribution >= 0.6 is 11.6 Å². The molecule has 2 rings (SSSR count). The van der Waals surface area contributed by atoms with Crippen molar-refractivity contribution in [2.45, 2.75) is 13.3 Å². The summed E-state index contributed by atoms with van der Waals surface area (Å²) in [6.45, 7) is 1.86. The molecule has 0 atom stereocenters. The van der Waals surface area contributed by atoms with Gasteiger partial charge in [0, 0.05) is 17.0 Å². The highest BCUT2D eigenvalue weighted by atomic mass is 35.5. The average molecular weight is 293 g/mol. The van der Waals surface area contributed by atoms with Gasteiger partial charge in [0.05, 0.1) is 7.11 Å². The maximum Gasteiger partial charge on any atom is 0.167 e. The minimum Gasteiger partial charge on any atom is -0.496 e. The van der Waals surface area contributed by atoms with Crippen molar-refractivity contribution in [1.29, 1.82) is 0 Å². The lowest BCUT2D eigenvalue weighted by Gasteiger charge is -2.07. The van der Waals surface area contributed by atoms with E-state index in [9.17, 15) is 9.18 Å². The molecule has 0 unspecified atom stereocenters. The SMILES string of the molecule is COc1ccc(C(=O)Cc2ccc(Cl)cc2F)cc1C. The Morgan fingerprint density at radius 1 is 1.25 bits per heavy atom. The van der Waals surface area contributed by atoms with Gasteiger partial charge < -0.3 is 4.74 Å². The molecule has 2 aromatic rings. The number of rotatable bonds is 4. The van der Waals surface area contributed by atoms with E-state index >= 15 is 0 Å². The van der Waals surface area contributed by atoms with E-state index in [1.165, 1.54) is 12.1 Å². The van der Waals surface area contributed by atoms with Gasteiger partial charge in [-0.25, -0.2) is 4.39 Å². The second kappa shape index (κ2) is 6.06. The van der Waals surface area contributed by atoms with Crippen LogP contribution in [0.3, 0.4) is 0 Å². The van der Waals surface area contributed by atoms with E-state index in [-0.39, 0.29) is 12.2 Å². The largest absolute Gasteiger partial charge is 0.496 e. The first-order valence-corrected chi connectivity index (χ1v) is 6.51. The van der Waals surface area contributed by atoms with Gasteiger partial charge in [0.2, 0.25) is 0 Å². The van der Waals surface area contributed by atoms with Crippen LogP contribution in [0.5, 0.6) is 5.75 Å². The minimum absolute atomic E-state index is 0.00870. The van der Waals surface area contributed by atoms with Crippen LogP contribution in [0, 0.1) is 12.7 Å². The summed E-state index contributed by atoms with van der Waals surface area (Å²) in [7, 11) is 1.58. The third kappa shape index (κ3) is 3.17. The van der Waals surface area contributed by atoms with Crippen LogP contribution in [0.4, 0.5) is 4.39 Å². The molecule has 0 saturated heterocycles. The van der Waals surface area contributed by atoms with E-state index in [1.54, 1.807) is 31.4 Å². The fourth-order valence-corrected chi connectivity index (χ4v) is 2.15. The molecular formula is C16H14ClFO2. The first-order chi connectivity index (χ1) is 9.51. The third-order valence-corrected chi connectivity index (χ3v) is 3.32. The first kappa shape index (κ1) is 14.5. The Labute approximate surface area is 122 Å². The molecule has 4 heteroatoms. The molecule has 0 bridgehead atoms. The lowest BCUT2D eigenvalue weighted by atomic mass is 10.0. The summed E-state index contributed by atoms with van der Waals surface area (Å²) in [5.74, 6) is 0.118. The van der Waals surface area contributed by atoms with Gasteiger partial charge in [-0.1, -0.05) is 17.7 Å². The molecule has 0 amide bonds. The number of hydrogen-bond acceptors (Lipinski definition) is 2. The Morgan fingerprint density at radius 2 is 2.00 bits per heavy atom. The van der Waals surface area contributed by atoms with E-state index in [4.69, 9.17) is 16.3 Å². The lowest BCUT2D eigenvalue weighted by Crippen LogP contribution is -2.06.